The molecule has 4 saturated carbocycles. The molecule has 1 aromatic heterocycles. The van der Waals surface area contributed by atoms with E-state index in [4.69, 9.17) is 22.4 Å². The van der Waals surface area contributed by atoms with Gasteiger partial charge in [-0.15, -0.1) is 0 Å². The summed E-state index contributed by atoms with van der Waals surface area (Å²) in [4.78, 5) is 10.6. The molecule has 0 aliphatic heterocycles. The van der Waals surface area contributed by atoms with Crippen molar-refractivity contribution in [3.63, 3.8) is 0 Å². The number of hydrogen-bond donors (Lipinski definition) is 3. The van der Waals surface area contributed by atoms with Gasteiger partial charge in [0.1, 0.15) is 10.7 Å². The highest BCUT2D eigenvalue weighted by atomic mass is 35.5. The number of hydrogen-bond acceptors (Lipinski definition) is 4. The summed E-state index contributed by atoms with van der Waals surface area (Å²) < 4.78 is 1.48. The average molecular weight is 370 g/mol. The maximum atomic E-state index is 10.6. The van der Waals surface area contributed by atoms with Gasteiger partial charge >= 0.3 is 5.97 Å². The molecule has 0 spiro atoms. The number of carboxylic acids is 1. The van der Waals surface area contributed by atoms with E-state index in [2.05, 4.69) is 5.10 Å². The van der Waals surface area contributed by atoms with Crippen LogP contribution in [0.2, 0.25) is 5.15 Å². The average Bonchev–Trinajstić information content (AvgIpc) is 2.85. The third kappa shape index (κ3) is 3.57. The van der Waals surface area contributed by atoms with Crippen LogP contribution in [-0.2, 0) is 5.54 Å². The lowest BCUT2D eigenvalue weighted by Crippen LogP contribution is -2.59. The molecule has 4 bridgehead atoms. The molecule has 4 N–H and O–H groups in total. The lowest BCUT2D eigenvalue weighted by Gasteiger charge is -2.57. The molecule has 5 rings (SSSR count). The zero-order valence-corrected chi connectivity index (χ0v) is 15.8. The third-order valence-corrected chi connectivity index (χ3v) is 6.25. The van der Waals surface area contributed by atoms with E-state index >= 15 is 0 Å². The zero-order chi connectivity index (χ0) is 18.6. The fraction of sp³-hybridized carbons (Fsp3) is 0.778. The van der Waals surface area contributed by atoms with Crippen LogP contribution >= 0.6 is 11.6 Å². The summed E-state index contributed by atoms with van der Waals surface area (Å²) in [5.74, 6) is 1.02. The normalized spacial score (nSPS) is 36.1. The Bertz CT molecular complexity index is 651. The van der Waals surface area contributed by atoms with Crippen LogP contribution < -0.4 is 5.73 Å². The highest BCUT2D eigenvalue weighted by Gasteiger charge is 2.53. The molecular formula is C18H28ClN3O3. The third-order valence-electron chi connectivity index (χ3n) is 5.89. The first-order valence-corrected chi connectivity index (χ1v) is 9.33. The van der Waals surface area contributed by atoms with Crippen molar-refractivity contribution in [2.45, 2.75) is 70.1 Å². The van der Waals surface area contributed by atoms with Crippen LogP contribution in [0.1, 0.15) is 63.2 Å². The van der Waals surface area contributed by atoms with Gasteiger partial charge in [-0.2, -0.15) is 5.10 Å². The first kappa shape index (κ1) is 18.7. The molecule has 0 amide bonds. The van der Waals surface area contributed by atoms with Crippen LogP contribution in [0, 0.1) is 17.8 Å². The molecule has 2 unspecified atom stereocenters. The Kier molecular flexibility index (Phi) is 4.67. The first-order chi connectivity index (χ1) is 11.5. The van der Waals surface area contributed by atoms with Crippen LogP contribution in [0.5, 0.6) is 0 Å². The molecule has 25 heavy (non-hydrogen) atoms. The SMILES string of the molecule is CC(C)(C)n1ncc(C(=O)O)c1Cl.NC1C2CC3CC1CC(O)(C3)C2. The predicted octanol–water partition coefficient (Wildman–Crippen LogP) is 2.87. The predicted molar refractivity (Wildman–Crippen MR) is 95.7 cm³/mol. The number of nitrogens with zero attached hydrogens (tertiary/aromatic N) is 2. The molecule has 2 atom stereocenters. The van der Waals surface area contributed by atoms with Crippen molar-refractivity contribution >= 4 is 17.6 Å². The van der Waals surface area contributed by atoms with E-state index in [1.807, 2.05) is 20.8 Å². The first-order valence-electron chi connectivity index (χ1n) is 8.95. The van der Waals surface area contributed by atoms with Gasteiger partial charge in [-0.1, -0.05) is 11.6 Å². The molecule has 0 saturated heterocycles. The highest BCUT2D eigenvalue weighted by molar-refractivity contribution is 6.32. The van der Waals surface area contributed by atoms with Crippen molar-refractivity contribution in [2.75, 3.05) is 0 Å². The Balaban J connectivity index is 0.000000146. The van der Waals surface area contributed by atoms with Crippen molar-refractivity contribution < 1.29 is 15.0 Å². The van der Waals surface area contributed by atoms with Gasteiger partial charge in [0.25, 0.3) is 0 Å². The highest BCUT2D eigenvalue weighted by Crippen LogP contribution is 2.54. The Labute approximate surface area is 153 Å². The fourth-order valence-corrected chi connectivity index (χ4v) is 5.39. The second-order valence-electron chi connectivity index (χ2n) is 9.01. The molecule has 1 heterocycles. The van der Waals surface area contributed by atoms with E-state index in [1.165, 1.54) is 23.7 Å². The minimum absolute atomic E-state index is 0.0385. The summed E-state index contributed by atoms with van der Waals surface area (Å²) >= 11 is 5.82. The summed E-state index contributed by atoms with van der Waals surface area (Å²) in [5.41, 5.74) is 5.55. The quantitative estimate of drug-likeness (QED) is 0.706. The van der Waals surface area contributed by atoms with Gasteiger partial charge < -0.3 is 15.9 Å². The molecule has 4 fully saturated rings. The Morgan fingerprint density at radius 3 is 2.24 bits per heavy atom. The molecule has 4 aliphatic rings. The standard InChI is InChI=1S/C10H17NO.C8H11ClN2O2/c11-9-7-1-6-2-8(9)5-10(12,3-6)4-7;1-8(2,3)11-6(9)5(4-10-11)7(12)13/h6-9,12H,1-5,11H2;4H,1-3H3,(H,12,13). The molecular weight excluding hydrogens is 342 g/mol. The fourth-order valence-electron chi connectivity index (χ4n) is 4.97. The lowest BCUT2D eigenvalue weighted by molar-refractivity contribution is -0.132. The van der Waals surface area contributed by atoms with E-state index in [1.54, 1.807) is 0 Å². The topological polar surface area (TPSA) is 101 Å². The van der Waals surface area contributed by atoms with Gasteiger partial charge in [0, 0.05) is 6.04 Å². The number of nitrogens with two attached hydrogens (primary N) is 1. The Morgan fingerprint density at radius 1 is 1.32 bits per heavy atom. The second-order valence-corrected chi connectivity index (χ2v) is 9.37. The molecule has 6 nitrogen and oxygen atoms in total. The number of halogens is 1. The smallest absolute Gasteiger partial charge is 0.340 e. The maximum Gasteiger partial charge on any atom is 0.340 e. The van der Waals surface area contributed by atoms with Crippen molar-refractivity contribution in [2.24, 2.45) is 23.5 Å². The number of carboxylic acid groups (broad SMARTS) is 1. The van der Waals surface area contributed by atoms with Gasteiger partial charge in [0.15, 0.2) is 0 Å². The van der Waals surface area contributed by atoms with Gasteiger partial charge in [-0.25, -0.2) is 9.48 Å². The van der Waals surface area contributed by atoms with E-state index in [9.17, 15) is 9.90 Å². The summed E-state index contributed by atoms with van der Waals surface area (Å²) in [6.45, 7) is 5.70. The van der Waals surface area contributed by atoms with Crippen LogP contribution in [0.25, 0.3) is 0 Å². The van der Waals surface area contributed by atoms with Gasteiger partial charge in [0.2, 0.25) is 0 Å². The van der Waals surface area contributed by atoms with E-state index in [0.717, 1.165) is 25.2 Å². The number of aromatic carboxylic acids is 1. The second kappa shape index (κ2) is 6.25. The number of aromatic nitrogens is 2. The van der Waals surface area contributed by atoms with Crippen LogP contribution in [0.4, 0.5) is 0 Å². The Morgan fingerprint density at radius 2 is 1.88 bits per heavy atom. The van der Waals surface area contributed by atoms with Crippen LogP contribution in [0.15, 0.2) is 6.20 Å². The minimum atomic E-state index is -1.06. The Hall–Kier alpha value is -1.11. The number of aliphatic hydroxyl groups is 1. The van der Waals surface area contributed by atoms with Crippen molar-refractivity contribution in [1.82, 2.24) is 9.78 Å². The number of rotatable bonds is 1. The summed E-state index contributed by atoms with van der Waals surface area (Å²) in [5, 5.41) is 23.0. The minimum Gasteiger partial charge on any atom is -0.478 e. The van der Waals surface area contributed by atoms with Crippen molar-refractivity contribution in [3.05, 3.63) is 16.9 Å². The monoisotopic (exact) mass is 369 g/mol. The molecule has 7 heteroatoms. The molecule has 0 aromatic carbocycles. The summed E-state index contributed by atoms with van der Waals surface area (Å²) in [6, 6.07) is 0.404. The molecule has 1 aromatic rings. The van der Waals surface area contributed by atoms with Crippen molar-refractivity contribution in [1.29, 1.82) is 0 Å². The number of carbonyl (C=O) groups is 1. The van der Waals surface area contributed by atoms with Gasteiger partial charge in [-0.05, 0) is 70.6 Å². The van der Waals surface area contributed by atoms with Gasteiger partial charge in [-0.3, -0.25) is 0 Å². The maximum absolute atomic E-state index is 10.6. The summed E-state index contributed by atoms with van der Waals surface area (Å²) in [7, 11) is 0. The molecule has 140 valence electrons. The van der Waals surface area contributed by atoms with E-state index < -0.39 is 5.97 Å². The van der Waals surface area contributed by atoms with Gasteiger partial charge in [0.05, 0.1) is 17.3 Å². The van der Waals surface area contributed by atoms with E-state index in [-0.39, 0.29) is 21.9 Å². The summed E-state index contributed by atoms with van der Waals surface area (Å²) in [6.07, 6.45) is 6.88. The lowest BCUT2D eigenvalue weighted by atomic mass is 9.52. The van der Waals surface area contributed by atoms with Crippen molar-refractivity contribution in [3.8, 4) is 0 Å². The zero-order valence-electron chi connectivity index (χ0n) is 15.1. The van der Waals surface area contributed by atoms with Crippen LogP contribution in [-0.4, -0.2) is 37.6 Å². The van der Waals surface area contributed by atoms with E-state index in [0.29, 0.717) is 17.9 Å². The molecule has 0 radical (unpaired) electrons. The van der Waals surface area contributed by atoms with Crippen LogP contribution in [0.3, 0.4) is 0 Å². The largest absolute Gasteiger partial charge is 0.478 e. The molecule has 4 aliphatic carbocycles.